The highest BCUT2D eigenvalue weighted by atomic mass is 32.2. The van der Waals surface area contributed by atoms with Gasteiger partial charge < -0.3 is 10.2 Å². The van der Waals surface area contributed by atoms with Crippen LogP contribution in [0.3, 0.4) is 0 Å². The lowest BCUT2D eigenvalue weighted by Gasteiger charge is -2.21. The third-order valence-corrected chi connectivity index (χ3v) is 7.58. The van der Waals surface area contributed by atoms with E-state index in [-0.39, 0.29) is 30.4 Å². The van der Waals surface area contributed by atoms with Crippen molar-refractivity contribution >= 4 is 50.2 Å². The van der Waals surface area contributed by atoms with Gasteiger partial charge in [0.2, 0.25) is 11.9 Å². The van der Waals surface area contributed by atoms with Gasteiger partial charge in [-0.2, -0.15) is 31.3 Å². The molecule has 2 heterocycles. The third-order valence-electron chi connectivity index (χ3n) is 6.73. The molecule has 3 aromatic carbocycles. The van der Waals surface area contributed by atoms with Gasteiger partial charge in [-0.15, -0.1) is 0 Å². The van der Waals surface area contributed by atoms with Crippen LogP contribution < -0.4 is 15.5 Å². The fraction of sp³-hybridized carbons (Fsp3) is 0.200. The molecule has 0 saturated heterocycles. The van der Waals surface area contributed by atoms with Crippen LogP contribution >= 0.6 is 0 Å². The summed E-state index contributed by atoms with van der Waals surface area (Å²) in [6.45, 7) is -0.0210. The van der Waals surface area contributed by atoms with E-state index in [0.29, 0.717) is 40.2 Å². The maximum absolute atomic E-state index is 13.4. The summed E-state index contributed by atoms with van der Waals surface area (Å²) in [4.78, 5) is 27.8. The van der Waals surface area contributed by atoms with E-state index in [0.717, 1.165) is 6.26 Å². The molecule has 17 heteroatoms. The Hall–Kier alpha value is -5.19. The van der Waals surface area contributed by atoms with Crippen molar-refractivity contribution in [3.05, 3.63) is 101 Å². The molecule has 0 aliphatic carbocycles. The molecule has 47 heavy (non-hydrogen) atoms. The molecule has 246 valence electrons. The second kappa shape index (κ2) is 12.5. The Morgan fingerprint density at radius 2 is 1.57 bits per heavy atom. The van der Waals surface area contributed by atoms with E-state index >= 15 is 0 Å². The van der Waals surface area contributed by atoms with Crippen LogP contribution in [-0.2, 0) is 34.6 Å². The van der Waals surface area contributed by atoms with Crippen molar-refractivity contribution < 1.29 is 39.6 Å². The topological polar surface area (TPSA) is 122 Å². The van der Waals surface area contributed by atoms with Gasteiger partial charge >= 0.3 is 12.4 Å². The number of para-hydroxylation sites is 2. The number of nitrogens with zero attached hydrogens (tertiary/aromatic N) is 5. The molecular formula is C30H25F6N7O3S. The van der Waals surface area contributed by atoms with E-state index < -0.39 is 44.8 Å². The Kier molecular flexibility index (Phi) is 8.85. The van der Waals surface area contributed by atoms with Crippen LogP contribution in [0, 0.1) is 0 Å². The number of anilines is 4. The van der Waals surface area contributed by atoms with E-state index in [9.17, 15) is 39.6 Å². The molecule has 0 aliphatic rings. The van der Waals surface area contributed by atoms with Crippen molar-refractivity contribution in [3.8, 4) is 0 Å². The summed E-state index contributed by atoms with van der Waals surface area (Å²) in [5.41, 5.74) is -2.10. The number of hydrogen-bond donors (Lipinski definition) is 2. The fourth-order valence-electron chi connectivity index (χ4n) is 4.65. The van der Waals surface area contributed by atoms with E-state index in [4.69, 9.17) is 0 Å². The summed E-state index contributed by atoms with van der Waals surface area (Å²) in [5.74, 6) is -0.949. The number of imidazole rings is 1. The van der Waals surface area contributed by atoms with Crippen molar-refractivity contribution in [3.63, 3.8) is 0 Å². The molecule has 0 saturated carbocycles. The summed E-state index contributed by atoms with van der Waals surface area (Å²) in [5, 5.41) is 5.38. The normalized spacial score (nSPS) is 12.3. The number of nitrogens with one attached hydrogen (secondary N) is 2. The number of amides is 1. The maximum atomic E-state index is 13.4. The Morgan fingerprint density at radius 1 is 0.894 bits per heavy atom. The number of alkyl halides is 6. The first-order chi connectivity index (χ1) is 22.0. The number of benzene rings is 3. The average Bonchev–Trinajstić information content (AvgIpc) is 3.31. The van der Waals surface area contributed by atoms with Gasteiger partial charge in [0.05, 0.1) is 34.6 Å². The summed E-state index contributed by atoms with van der Waals surface area (Å²) in [7, 11) is -1.60. The van der Waals surface area contributed by atoms with E-state index in [1.54, 1.807) is 66.5 Å². The highest BCUT2D eigenvalue weighted by molar-refractivity contribution is 7.89. The minimum atomic E-state index is -5.13. The number of sulfone groups is 1. The van der Waals surface area contributed by atoms with Crippen LogP contribution in [0.2, 0.25) is 0 Å². The van der Waals surface area contributed by atoms with Crippen LogP contribution in [0.1, 0.15) is 27.0 Å². The number of hydrogen-bond acceptors (Lipinski definition) is 8. The van der Waals surface area contributed by atoms with E-state index in [2.05, 4.69) is 25.6 Å². The second-order valence-corrected chi connectivity index (χ2v) is 12.7. The molecule has 0 radical (unpaired) electrons. The van der Waals surface area contributed by atoms with Crippen molar-refractivity contribution in [1.82, 2.24) is 19.5 Å². The van der Waals surface area contributed by atoms with Gasteiger partial charge in [-0.25, -0.2) is 18.4 Å². The highest BCUT2D eigenvalue weighted by Crippen LogP contribution is 2.36. The molecule has 10 nitrogen and oxygen atoms in total. The third kappa shape index (κ3) is 8.16. The quantitative estimate of drug-likeness (QED) is 0.170. The smallest absolute Gasteiger partial charge is 0.341 e. The zero-order valence-electron chi connectivity index (χ0n) is 24.6. The van der Waals surface area contributed by atoms with Crippen molar-refractivity contribution in [1.29, 1.82) is 0 Å². The first-order valence-electron chi connectivity index (χ1n) is 13.6. The van der Waals surface area contributed by atoms with Gasteiger partial charge in [0.15, 0.2) is 9.84 Å². The minimum absolute atomic E-state index is 0.0210. The summed E-state index contributed by atoms with van der Waals surface area (Å²) in [6, 6.07) is 15.6. The molecule has 0 atom stereocenters. The molecule has 2 N–H and O–H groups in total. The van der Waals surface area contributed by atoms with Crippen molar-refractivity contribution in [2.45, 2.75) is 24.8 Å². The molecule has 5 aromatic rings. The molecule has 2 aromatic heterocycles. The number of halogens is 6. The number of fused-ring (bicyclic) bond motifs is 1. The molecule has 5 rings (SSSR count). The Morgan fingerprint density at radius 3 is 2.23 bits per heavy atom. The van der Waals surface area contributed by atoms with Crippen molar-refractivity contribution in [2.75, 3.05) is 28.8 Å². The molecule has 0 unspecified atom stereocenters. The number of carbonyl (C=O) groups excluding carboxylic acids is 1. The zero-order valence-corrected chi connectivity index (χ0v) is 25.4. The van der Waals surface area contributed by atoms with E-state index in [1.165, 1.54) is 10.8 Å². The second-order valence-electron chi connectivity index (χ2n) is 10.6. The molecule has 0 fully saturated rings. The first kappa shape index (κ1) is 33.2. The number of carbonyl (C=O) groups is 1. The predicted octanol–water partition coefficient (Wildman–Crippen LogP) is 6.50. The molecule has 0 aliphatic heterocycles. The van der Waals surface area contributed by atoms with Crippen LogP contribution in [0.4, 0.5) is 49.7 Å². The van der Waals surface area contributed by atoms with Crippen LogP contribution in [0.25, 0.3) is 11.0 Å². The predicted molar refractivity (Wildman–Crippen MR) is 163 cm³/mol. The van der Waals surface area contributed by atoms with Crippen LogP contribution in [0.5, 0.6) is 0 Å². The van der Waals surface area contributed by atoms with Gasteiger partial charge in [0.25, 0.3) is 5.91 Å². The maximum Gasteiger partial charge on any atom is 0.416 e. The van der Waals surface area contributed by atoms with Crippen LogP contribution in [-0.4, -0.2) is 47.1 Å². The average molecular weight is 678 g/mol. The Labute approximate surface area is 264 Å². The molecule has 1 amide bonds. The first-order valence-corrected chi connectivity index (χ1v) is 15.7. The summed E-state index contributed by atoms with van der Waals surface area (Å²) in [6.07, 6.45) is -7.65. The van der Waals surface area contributed by atoms with Gasteiger partial charge in [0.1, 0.15) is 5.82 Å². The van der Waals surface area contributed by atoms with Gasteiger partial charge in [-0.05, 0) is 54.1 Å². The molecular weight excluding hydrogens is 652 g/mol. The Balaban J connectivity index is 1.42. The van der Waals surface area contributed by atoms with Gasteiger partial charge in [-0.3, -0.25) is 14.7 Å². The van der Waals surface area contributed by atoms with Gasteiger partial charge in [0, 0.05) is 30.8 Å². The van der Waals surface area contributed by atoms with E-state index in [1.807, 2.05) is 0 Å². The largest absolute Gasteiger partial charge is 0.416 e. The lowest BCUT2D eigenvalue weighted by molar-refractivity contribution is -0.143. The highest BCUT2D eigenvalue weighted by Gasteiger charge is 2.37. The van der Waals surface area contributed by atoms with Crippen LogP contribution in [0.15, 0.2) is 79.0 Å². The standard InChI is InChI=1S/C30H25F6N7O3S/c1-42(25-10-11-37-27(40-25)38-22-7-5-6-18(12-22)16-47(2,45)46)17-43-24-9-4-3-8-23(24)39-28(43)41-26(44)19-13-20(29(31,32)33)15-21(14-19)30(34,35)36/h3-15H,16-17H2,1-2H3,(H,37,38,40)(H,39,41,44). The molecule has 0 spiro atoms. The van der Waals surface area contributed by atoms with Gasteiger partial charge in [-0.1, -0.05) is 24.3 Å². The number of aromatic nitrogens is 4. The summed E-state index contributed by atoms with van der Waals surface area (Å²) < 4.78 is 105. The minimum Gasteiger partial charge on any atom is -0.341 e. The molecule has 0 bridgehead atoms. The SMILES string of the molecule is CN(Cn1c(NC(=O)c2cc(C(F)(F)F)cc(C(F)(F)F)c2)nc2ccccc21)c1ccnc(Nc2cccc(CS(C)(=O)=O)c2)n1. The Bertz CT molecular complexity index is 2030. The number of rotatable bonds is 9. The monoisotopic (exact) mass is 677 g/mol. The van der Waals surface area contributed by atoms with Crippen molar-refractivity contribution in [2.24, 2.45) is 0 Å². The zero-order chi connectivity index (χ0) is 34.1. The lowest BCUT2D eigenvalue weighted by Crippen LogP contribution is -2.25. The summed E-state index contributed by atoms with van der Waals surface area (Å²) >= 11 is 0. The lowest BCUT2D eigenvalue weighted by atomic mass is 10.0. The fourth-order valence-corrected chi connectivity index (χ4v) is 5.44.